The Hall–Kier alpha value is -1.09. The molecule has 0 atom stereocenters. The summed E-state index contributed by atoms with van der Waals surface area (Å²) in [7, 11) is -4.00. The Morgan fingerprint density at radius 1 is 1.33 bits per heavy atom. The molecule has 1 aromatic rings. The van der Waals surface area contributed by atoms with Crippen molar-refractivity contribution in [1.82, 2.24) is 14.3 Å². The molecule has 0 bridgehead atoms. The van der Waals surface area contributed by atoms with E-state index in [1.807, 2.05) is 0 Å². The predicted octanol–water partition coefficient (Wildman–Crippen LogP) is 1.98. The third-order valence-corrected chi connectivity index (χ3v) is 5.35. The van der Waals surface area contributed by atoms with Crippen molar-refractivity contribution >= 4 is 10.0 Å². The van der Waals surface area contributed by atoms with Crippen molar-refractivity contribution < 1.29 is 21.6 Å². The number of alkyl halides is 3. The van der Waals surface area contributed by atoms with Gasteiger partial charge in [-0.1, -0.05) is 0 Å². The van der Waals surface area contributed by atoms with E-state index in [0.717, 1.165) is 12.8 Å². The predicted molar refractivity (Wildman–Crippen MR) is 68.1 cm³/mol. The first-order valence-electron chi connectivity index (χ1n) is 6.86. The van der Waals surface area contributed by atoms with Gasteiger partial charge in [0.1, 0.15) is 5.82 Å². The third kappa shape index (κ3) is 3.23. The summed E-state index contributed by atoms with van der Waals surface area (Å²) in [5.41, 5.74) is -1.37. The van der Waals surface area contributed by atoms with Crippen molar-refractivity contribution in [3.8, 4) is 0 Å². The van der Waals surface area contributed by atoms with Crippen LogP contribution in [0.5, 0.6) is 0 Å². The van der Waals surface area contributed by atoms with Crippen LogP contribution in [0.1, 0.15) is 37.9 Å². The Morgan fingerprint density at radius 2 is 2.05 bits per heavy atom. The first-order chi connectivity index (χ1) is 9.69. The first kappa shape index (κ1) is 14.8. The molecule has 2 heterocycles. The van der Waals surface area contributed by atoms with Crippen LogP contribution in [0.25, 0.3) is 0 Å². The van der Waals surface area contributed by atoms with E-state index in [1.165, 1.54) is 6.20 Å². The van der Waals surface area contributed by atoms with Gasteiger partial charge in [-0.05, 0) is 25.7 Å². The number of nitrogens with one attached hydrogen (secondary N) is 1. The highest BCUT2D eigenvalue weighted by atomic mass is 32.2. The second-order valence-electron chi connectivity index (χ2n) is 5.82. The molecule has 5 nitrogen and oxygen atoms in total. The normalized spacial score (nSPS) is 21.1. The monoisotopic (exact) mass is 323 g/mol. The second kappa shape index (κ2) is 4.70. The van der Waals surface area contributed by atoms with Gasteiger partial charge in [-0.3, -0.25) is 0 Å². The molecule has 1 aromatic heterocycles. The van der Waals surface area contributed by atoms with E-state index in [-0.39, 0.29) is 17.9 Å². The van der Waals surface area contributed by atoms with Gasteiger partial charge in [-0.2, -0.15) is 13.2 Å². The number of hydrogen-bond acceptors (Lipinski definition) is 3. The number of hydrogen-bond donors (Lipinski definition) is 1. The van der Waals surface area contributed by atoms with Crippen molar-refractivity contribution in [2.75, 3.05) is 0 Å². The van der Waals surface area contributed by atoms with Crippen molar-refractivity contribution in [1.29, 1.82) is 0 Å². The smallest absolute Gasteiger partial charge is 0.333 e. The van der Waals surface area contributed by atoms with Gasteiger partial charge >= 0.3 is 6.18 Å². The fraction of sp³-hybridized carbons (Fsp3) is 0.750. The maximum Gasteiger partial charge on any atom is 0.390 e. The molecular formula is C12H16F3N3O2S. The van der Waals surface area contributed by atoms with E-state index in [0.29, 0.717) is 18.8 Å². The minimum Gasteiger partial charge on any atom is -0.333 e. The molecule has 21 heavy (non-hydrogen) atoms. The summed E-state index contributed by atoms with van der Waals surface area (Å²) >= 11 is 0. The highest BCUT2D eigenvalue weighted by Gasteiger charge is 2.53. The minimum absolute atomic E-state index is 0.173. The summed E-state index contributed by atoms with van der Waals surface area (Å²) < 4.78 is 65.9. The zero-order valence-electron chi connectivity index (χ0n) is 11.3. The SMILES string of the molecule is O=S(=O)(NC1(CC(F)(F)F)CC1)c1cn2c(n1)CCCC2. The molecule has 9 heteroatoms. The average Bonchev–Trinajstić information content (AvgIpc) is 2.91. The molecule has 118 valence electrons. The topological polar surface area (TPSA) is 64.0 Å². The van der Waals surface area contributed by atoms with Crippen molar-refractivity contribution in [3.63, 3.8) is 0 Å². The van der Waals surface area contributed by atoms with E-state index in [9.17, 15) is 21.6 Å². The highest BCUT2D eigenvalue weighted by molar-refractivity contribution is 7.89. The zero-order valence-corrected chi connectivity index (χ0v) is 12.1. The van der Waals surface area contributed by atoms with Gasteiger partial charge in [0.15, 0.2) is 5.03 Å². The Labute approximate surface area is 120 Å². The first-order valence-corrected chi connectivity index (χ1v) is 8.34. The van der Waals surface area contributed by atoms with E-state index in [1.54, 1.807) is 4.57 Å². The lowest BCUT2D eigenvalue weighted by Crippen LogP contribution is -2.40. The molecule has 0 radical (unpaired) electrons. The standard InChI is InChI=1S/C12H16F3N3O2S/c13-12(14,15)8-11(4-5-11)17-21(19,20)10-7-18-6-2-1-3-9(18)16-10/h7,17H,1-6,8H2. The lowest BCUT2D eigenvalue weighted by atomic mass is 10.2. The third-order valence-electron chi connectivity index (χ3n) is 3.91. The maximum absolute atomic E-state index is 12.5. The lowest BCUT2D eigenvalue weighted by molar-refractivity contribution is -0.141. The number of nitrogens with zero attached hydrogens (tertiary/aromatic N) is 2. The molecule has 0 aromatic carbocycles. The van der Waals surface area contributed by atoms with Crippen molar-refractivity contribution in [2.24, 2.45) is 0 Å². The number of imidazole rings is 1. The van der Waals surface area contributed by atoms with E-state index >= 15 is 0 Å². The summed E-state index contributed by atoms with van der Waals surface area (Å²) in [6, 6.07) is 0. The molecule has 0 saturated heterocycles. The van der Waals surface area contributed by atoms with Crippen LogP contribution >= 0.6 is 0 Å². The lowest BCUT2D eigenvalue weighted by Gasteiger charge is -2.18. The fourth-order valence-corrected chi connectivity index (χ4v) is 4.15. The fourth-order valence-electron chi connectivity index (χ4n) is 2.70. The molecule has 0 unspecified atom stereocenters. The van der Waals surface area contributed by atoms with Crippen LogP contribution in [-0.4, -0.2) is 29.7 Å². The highest BCUT2D eigenvalue weighted by Crippen LogP contribution is 2.45. The largest absolute Gasteiger partial charge is 0.390 e. The van der Waals surface area contributed by atoms with Crippen molar-refractivity contribution in [3.05, 3.63) is 12.0 Å². The van der Waals surface area contributed by atoms with Crippen LogP contribution < -0.4 is 4.72 Å². The molecule has 1 aliphatic heterocycles. The molecule has 0 amide bonds. The number of sulfonamides is 1. The quantitative estimate of drug-likeness (QED) is 0.921. The van der Waals surface area contributed by atoms with Crippen LogP contribution in [0.15, 0.2) is 11.2 Å². The van der Waals surface area contributed by atoms with Gasteiger partial charge in [-0.25, -0.2) is 18.1 Å². The Kier molecular flexibility index (Phi) is 3.32. The van der Waals surface area contributed by atoms with Crippen LogP contribution in [-0.2, 0) is 23.0 Å². The molecule has 2 aliphatic rings. The van der Waals surface area contributed by atoms with Crippen LogP contribution in [0.2, 0.25) is 0 Å². The summed E-state index contributed by atoms with van der Waals surface area (Å²) in [5.74, 6) is 0.683. The Balaban J connectivity index is 1.80. The number of rotatable bonds is 4. The summed E-state index contributed by atoms with van der Waals surface area (Å²) in [6.45, 7) is 0.700. The van der Waals surface area contributed by atoms with E-state index < -0.39 is 28.2 Å². The molecule has 1 saturated carbocycles. The molecule has 1 N–H and O–H groups in total. The second-order valence-corrected chi connectivity index (χ2v) is 7.45. The molecule has 1 aliphatic carbocycles. The van der Waals surface area contributed by atoms with Crippen LogP contribution in [0.3, 0.4) is 0 Å². The molecule has 3 rings (SSSR count). The molecule has 1 fully saturated rings. The van der Waals surface area contributed by atoms with Gasteiger partial charge in [0.2, 0.25) is 0 Å². The maximum atomic E-state index is 12.5. The number of fused-ring (bicyclic) bond motifs is 1. The number of aromatic nitrogens is 2. The summed E-state index contributed by atoms with van der Waals surface area (Å²) in [5, 5.41) is -0.173. The van der Waals surface area contributed by atoms with Gasteiger partial charge in [0.25, 0.3) is 10.0 Å². The van der Waals surface area contributed by atoms with Gasteiger partial charge in [-0.15, -0.1) is 0 Å². The van der Waals surface area contributed by atoms with E-state index in [2.05, 4.69) is 9.71 Å². The number of aryl methyl sites for hydroxylation is 2. The summed E-state index contributed by atoms with van der Waals surface area (Å²) in [4.78, 5) is 4.06. The number of halogens is 3. The van der Waals surface area contributed by atoms with Gasteiger partial charge in [0, 0.05) is 24.7 Å². The Bertz CT molecular complexity index is 624. The van der Waals surface area contributed by atoms with Gasteiger partial charge < -0.3 is 4.57 Å². The van der Waals surface area contributed by atoms with E-state index in [4.69, 9.17) is 0 Å². The molecule has 0 spiro atoms. The van der Waals surface area contributed by atoms with Gasteiger partial charge in [0.05, 0.1) is 6.42 Å². The van der Waals surface area contributed by atoms with Crippen molar-refractivity contribution in [2.45, 2.75) is 61.8 Å². The summed E-state index contributed by atoms with van der Waals surface area (Å²) in [6.07, 6.45) is -1.09. The Morgan fingerprint density at radius 3 is 2.62 bits per heavy atom. The zero-order chi connectivity index (χ0) is 15.3. The average molecular weight is 323 g/mol. The van der Waals surface area contributed by atoms with Crippen LogP contribution in [0.4, 0.5) is 13.2 Å². The molecular weight excluding hydrogens is 307 g/mol. The minimum atomic E-state index is -4.38. The van der Waals surface area contributed by atoms with Crippen LogP contribution in [0, 0.1) is 0 Å².